The van der Waals surface area contributed by atoms with Gasteiger partial charge in [0.15, 0.2) is 0 Å². The van der Waals surface area contributed by atoms with E-state index in [2.05, 4.69) is 28.4 Å². The third kappa shape index (κ3) is 3.90. The molecule has 1 unspecified atom stereocenters. The third-order valence-corrected chi connectivity index (χ3v) is 7.54. The Morgan fingerprint density at radius 1 is 1.07 bits per heavy atom. The van der Waals surface area contributed by atoms with Crippen LogP contribution in [0, 0.1) is 0 Å². The number of carbonyl (C=O) groups excluding carboxylic acids is 1. The molecule has 1 aliphatic rings. The summed E-state index contributed by atoms with van der Waals surface area (Å²) in [5.74, 6) is 1.56. The van der Waals surface area contributed by atoms with E-state index in [0.29, 0.717) is 11.1 Å². The lowest BCUT2D eigenvalue weighted by Gasteiger charge is -2.37. The first-order valence-electron chi connectivity index (χ1n) is 9.38. The summed E-state index contributed by atoms with van der Waals surface area (Å²) >= 11 is 4.61. The Morgan fingerprint density at radius 2 is 1.90 bits per heavy atom. The van der Waals surface area contributed by atoms with Crippen molar-refractivity contribution in [2.24, 2.45) is 0 Å². The predicted molar refractivity (Wildman–Crippen MR) is 122 cm³/mol. The molecule has 2 aromatic heterocycles. The molecule has 1 atom stereocenters. The molecule has 3 heterocycles. The molecule has 0 radical (unpaired) electrons. The lowest BCUT2D eigenvalue weighted by Crippen LogP contribution is -2.39. The van der Waals surface area contributed by atoms with Gasteiger partial charge in [-0.05, 0) is 29.1 Å². The quantitative estimate of drug-likeness (QED) is 0.359. The average Bonchev–Trinajstić information content (AvgIpc) is 3.49. The summed E-state index contributed by atoms with van der Waals surface area (Å²) in [6, 6.07) is 22.1. The summed E-state index contributed by atoms with van der Waals surface area (Å²) in [6.07, 6.45) is 0. The Hall–Kier alpha value is -2.55. The molecule has 4 aromatic rings. The van der Waals surface area contributed by atoms with Gasteiger partial charge in [0, 0.05) is 10.6 Å². The largest absolute Gasteiger partial charge is 0.410 e. The van der Waals surface area contributed by atoms with Crippen LogP contribution in [0.5, 0.6) is 0 Å². The van der Waals surface area contributed by atoms with Crippen molar-refractivity contribution >= 4 is 46.5 Å². The lowest BCUT2D eigenvalue weighted by molar-refractivity contribution is -0.116. The number of thiophene rings is 1. The van der Waals surface area contributed by atoms with Crippen molar-refractivity contribution < 1.29 is 9.21 Å². The molecular formula is C22H17N3O2S3. The molecule has 150 valence electrons. The first-order valence-corrected chi connectivity index (χ1v) is 12.2. The Balaban J connectivity index is 1.38. The molecule has 8 heteroatoms. The molecule has 0 bridgehead atoms. The number of carbonyl (C=O) groups is 1. The fraction of sp³-hybridized carbons (Fsp3) is 0.136. The third-order valence-electron chi connectivity index (χ3n) is 4.74. The number of benzene rings is 2. The second-order valence-corrected chi connectivity index (χ2v) is 9.54. The standard InChI is InChI=1S/C22H17N3O2S3/c26-20(14-30-22-24-23-21(27-22)19-11-6-12-28-19)25-16-9-4-5-10-18(16)29-13-17(25)15-7-2-1-3-8-15/h1-12,17H,13-14H2. The zero-order chi connectivity index (χ0) is 20.3. The number of fused-ring (bicyclic) bond motifs is 1. The molecule has 5 nitrogen and oxygen atoms in total. The SMILES string of the molecule is O=C(CSc1nnc(-c2cccs2)o1)N1c2ccccc2SCC1c1ccccc1. The van der Waals surface area contributed by atoms with Crippen LogP contribution >= 0.6 is 34.9 Å². The van der Waals surface area contributed by atoms with E-state index < -0.39 is 0 Å². The van der Waals surface area contributed by atoms with Crippen molar-refractivity contribution in [3.05, 3.63) is 77.7 Å². The van der Waals surface area contributed by atoms with Crippen molar-refractivity contribution in [1.29, 1.82) is 0 Å². The minimum absolute atomic E-state index is 0.0106. The monoisotopic (exact) mass is 451 g/mol. The van der Waals surface area contributed by atoms with Crippen LogP contribution in [0.3, 0.4) is 0 Å². The first kappa shape index (κ1) is 19.4. The van der Waals surface area contributed by atoms with E-state index in [4.69, 9.17) is 4.42 Å². The summed E-state index contributed by atoms with van der Waals surface area (Å²) in [7, 11) is 0. The van der Waals surface area contributed by atoms with Crippen LogP contribution in [-0.2, 0) is 4.79 Å². The van der Waals surface area contributed by atoms with Gasteiger partial charge in [-0.25, -0.2) is 0 Å². The number of amides is 1. The number of para-hydroxylation sites is 1. The Kier molecular flexibility index (Phi) is 5.61. The number of rotatable bonds is 5. The van der Waals surface area contributed by atoms with Gasteiger partial charge in [-0.2, -0.15) is 0 Å². The zero-order valence-corrected chi connectivity index (χ0v) is 18.3. The first-order chi connectivity index (χ1) is 14.8. The van der Waals surface area contributed by atoms with Crippen LogP contribution in [0.4, 0.5) is 5.69 Å². The van der Waals surface area contributed by atoms with E-state index in [-0.39, 0.29) is 17.7 Å². The molecule has 0 saturated heterocycles. The fourth-order valence-corrected chi connectivity index (χ4v) is 5.81. The van der Waals surface area contributed by atoms with E-state index in [1.807, 2.05) is 58.8 Å². The van der Waals surface area contributed by atoms with Gasteiger partial charge in [0.1, 0.15) is 0 Å². The molecule has 0 fully saturated rings. The van der Waals surface area contributed by atoms with Crippen LogP contribution in [-0.4, -0.2) is 27.6 Å². The molecular weight excluding hydrogens is 434 g/mol. The maximum Gasteiger partial charge on any atom is 0.277 e. The summed E-state index contributed by atoms with van der Waals surface area (Å²) in [5.41, 5.74) is 2.09. The predicted octanol–water partition coefficient (Wildman–Crippen LogP) is 5.77. The van der Waals surface area contributed by atoms with Gasteiger partial charge in [-0.15, -0.1) is 33.3 Å². The Morgan fingerprint density at radius 3 is 2.73 bits per heavy atom. The van der Waals surface area contributed by atoms with Crippen molar-refractivity contribution in [3.8, 4) is 10.8 Å². The van der Waals surface area contributed by atoms with Crippen LogP contribution in [0.1, 0.15) is 11.6 Å². The molecule has 1 amide bonds. The molecule has 30 heavy (non-hydrogen) atoms. The van der Waals surface area contributed by atoms with Crippen LogP contribution in [0.15, 0.2) is 86.6 Å². The molecule has 1 aliphatic heterocycles. The molecule has 5 rings (SSSR count). The van der Waals surface area contributed by atoms with Crippen molar-refractivity contribution in [3.63, 3.8) is 0 Å². The topological polar surface area (TPSA) is 59.2 Å². The molecule has 0 aliphatic carbocycles. The van der Waals surface area contributed by atoms with Gasteiger partial charge in [0.25, 0.3) is 11.1 Å². The minimum atomic E-state index is -0.0106. The van der Waals surface area contributed by atoms with Crippen molar-refractivity contribution in [2.75, 3.05) is 16.4 Å². The van der Waals surface area contributed by atoms with Crippen LogP contribution in [0.25, 0.3) is 10.8 Å². The average molecular weight is 452 g/mol. The van der Waals surface area contributed by atoms with Gasteiger partial charge in [0.2, 0.25) is 5.91 Å². The van der Waals surface area contributed by atoms with Gasteiger partial charge in [-0.3, -0.25) is 4.79 Å². The molecule has 0 saturated carbocycles. The lowest BCUT2D eigenvalue weighted by atomic mass is 10.1. The second kappa shape index (κ2) is 8.67. The molecule has 0 N–H and O–H groups in total. The van der Waals surface area contributed by atoms with Crippen LogP contribution in [0.2, 0.25) is 0 Å². The van der Waals surface area contributed by atoms with Crippen molar-refractivity contribution in [1.82, 2.24) is 10.2 Å². The zero-order valence-electron chi connectivity index (χ0n) is 15.8. The summed E-state index contributed by atoms with van der Waals surface area (Å²) in [6.45, 7) is 0. The highest BCUT2D eigenvalue weighted by Crippen LogP contribution is 2.43. The maximum absolute atomic E-state index is 13.4. The Bertz CT molecular complexity index is 1150. The summed E-state index contributed by atoms with van der Waals surface area (Å²) < 4.78 is 5.72. The number of thioether (sulfide) groups is 2. The number of hydrogen-bond acceptors (Lipinski definition) is 7. The number of aromatic nitrogens is 2. The Labute approximate surface area is 186 Å². The number of nitrogens with zero attached hydrogens (tertiary/aromatic N) is 3. The van der Waals surface area contributed by atoms with Gasteiger partial charge in [0.05, 0.1) is 22.4 Å². The highest BCUT2D eigenvalue weighted by molar-refractivity contribution is 8.00. The van der Waals surface area contributed by atoms with E-state index in [1.54, 1.807) is 23.1 Å². The van der Waals surface area contributed by atoms with Gasteiger partial charge < -0.3 is 9.32 Å². The smallest absolute Gasteiger partial charge is 0.277 e. The fourth-order valence-electron chi connectivity index (χ4n) is 3.38. The van der Waals surface area contributed by atoms with Gasteiger partial charge in [-0.1, -0.05) is 60.3 Å². The normalized spacial score (nSPS) is 15.7. The molecule has 0 spiro atoms. The highest BCUT2D eigenvalue weighted by Gasteiger charge is 2.32. The summed E-state index contributed by atoms with van der Waals surface area (Å²) in [4.78, 5) is 17.3. The number of hydrogen-bond donors (Lipinski definition) is 0. The highest BCUT2D eigenvalue weighted by atomic mass is 32.2. The van der Waals surface area contributed by atoms with E-state index >= 15 is 0 Å². The number of anilines is 1. The summed E-state index contributed by atoms with van der Waals surface area (Å²) in [5, 5.41) is 10.6. The molecule has 2 aromatic carbocycles. The van der Waals surface area contributed by atoms with Crippen molar-refractivity contribution in [2.45, 2.75) is 16.2 Å². The van der Waals surface area contributed by atoms with E-state index in [0.717, 1.165) is 26.8 Å². The van der Waals surface area contributed by atoms with Gasteiger partial charge >= 0.3 is 0 Å². The van der Waals surface area contributed by atoms with E-state index in [1.165, 1.54) is 11.8 Å². The minimum Gasteiger partial charge on any atom is -0.410 e. The maximum atomic E-state index is 13.4. The second-order valence-electron chi connectivity index (χ2n) is 6.61. The van der Waals surface area contributed by atoms with E-state index in [9.17, 15) is 4.79 Å². The van der Waals surface area contributed by atoms with Crippen LogP contribution < -0.4 is 4.90 Å².